The van der Waals surface area contributed by atoms with Gasteiger partial charge in [0.15, 0.2) is 16.0 Å². The standard InChI is InChI=1S/C22H29N5O3S3/c1-12(2)32-20-24-19-17(14-8-22(3,4)30-10-15(14)33-19)18-25-26-21(27(18)20)31-11-16(28)23-9-13-6-5-7-29-13/h12-13H,5-11H2,1-4H3,(H,23,28)/t13-/m0/s1. The molecule has 11 heteroatoms. The molecule has 0 spiro atoms. The van der Waals surface area contributed by atoms with E-state index in [0.717, 1.165) is 46.9 Å². The molecule has 0 radical (unpaired) electrons. The van der Waals surface area contributed by atoms with Crippen molar-refractivity contribution in [3.63, 3.8) is 0 Å². The van der Waals surface area contributed by atoms with Gasteiger partial charge in [0.25, 0.3) is 0 Å². The van der Waals surface area contributed by atoms with Crippen LogP contribution in [-0.2, 0) is 27.3 Å². The van der Waals surface area contributed by atoms with Gasteiger partial charge in [-0.2, -0.15) is 0 Å². The monoisotopic (exact) mass is 507 g/mol. The van der Waals surface area contributed by atoms with Crippen molar-refractivity contribution in [2.45, 2.75) is 80.8 Å². The van der Waals surface area contributed by atoms with Gasteiger partial charge in [-0.3, -0.25) is 4.79 Å². The molecule has 1 fully saturated rings. The topological polar surface area (TPSA) is 90.6 Å². The highest BCUT2D eigenvalue weighted by molar-refractivity contribution is 8.00. The number of carbonyl (C=O) groups is 1. The normalized spacial score (nSPS) is 20.1. The molecule has 1 N–H and O–H groups in total. The first-order valence-electron chi connectivity index (χ1n) is 11.3. The molecule has 5 rings (SSSR count). The number of aromatic nitrogens is 4. The molecule has 178 valence electrons. The number of amides is 1. The van der Waals surface area contributed by atoms with Crippen molar-refractivity contribution in [3.05, 3.63) is 10.4 Å². The summed E-state index contributed by atoms with van der Waals surface area (Å²) in [5.41, 5.74) is 1.87. The lowest BCUT2D eigenvalue weighted by Gasteiger charge is -2.30. The number of nitrogens with zero attached hydrogens (tertiary/aromatic N) is 4. The minimum Gasteiger partial charge on any atom is -0.376 e. The molecular formula is C22H29N5O3S3. The lowest BCUT2D eigenvalue weighted by atomic mass is 9.94. The zero-order chi connectivity index (χ0) is 23.2. The Hall–Kier alpha value is -1.40. The maximum atomic E-state index is 12.4. The van der Waals surface area contributed by atoms with Crippen molar-refractivity contribution in [2.24, 2.45) is 0 Å². The van der Waals surface area contributed by atoms with E-state index in [0.29, 0.717) is 23.6 Å². The van der Waals surface area contributed by atoms with Crippen molar-refractivity contribution in [3.8, 4) is 0 Å². The third-order valence-corrected chi connectivity index (χ3v) is 8.72. The van der Waals surface area contributed by atoms with E-state index >= 15 is 0 Å². The summed E-state index contributed by atoms with van der Waals surface area (Å²) in [5, 5.41) is 15.0. The SMILES string of the molecule is CC(C)Sc1nc2sc3c(c2c2nnc(SCC(=O)NC[C@@H]4CCCO4)n12)CC(C)(C)OC3. The predicted molar refractivity (Wildman–Crippen MR) is 132 cm³/mol. The first-order valence-corrected chi connectivity index (χ1v) is 14.0. The van der Waals surface area contributed by atoms with Crippen LogP contribution in [0, 0.1) is 0 Å². The Bertz CT molecular complexity index is 1180. The second-order valence-corrected chi connectivity index (χ2v) is 12.9. The summed E-state index contributed by atoms with van der Waals surface area (Å²) in [6, 6.07) is 0. The molecule has 3 aromatic heterocycles. The van der Waals surface area contributed by atoms with E-state index in [1.807, 2.05) is 4.40 Å². The largest absolute Gasteiger partial charge is 0.376 e. The maximum Gasteiger partial charge on any atom is 0.230 e. The molecule has 1 saturated heterocycles. The lowest BCUT2D eigenvalue weighted by Crippen LogP contribution is -2.32. The number of thiophene rings is 1. The fraction of sp³-hybridized carbons (Fsp3) is 0.636. The van der Waals surface area contributed by atoms with Gasteiger partial charge in [0, 0.05) is 29.7 Å². The summed E-state index contributed by atoms with van der Waals surface area (Å²) >= 11 is 4.77. The van der Waals surface area contributed by atoms with E-state index in [1.54, 1.807) is 23.1 Å². The minimum absolute atomic E-state index is 0.0221. The highest BCUT2D eigenvalue weighted by atomic mass is 32.2. The average Bonchev–Trinajstić information content (AvgIpc) is 3.48. The highest BCUT2D eigenvalue weighted by Gasteiger charge is 2.32. The molecule has 3 aromatic rings. The third-order valence-electron chi connectivity index (χ3n) is 5.74. The summed E-state index contributed by atoms with van der Waals surface area (Å²) in [4.78, 5) is 19.7. The Morgan fingerprint density at radius 2 is 2.18 bits per heavy atom. The van der Waals surface area contributed by atoms with Gasteiger partial charge in [0.05, 0.1) is 29.5 Å². The Morgan fingerprint density at radius 3 is 2.94 bits per heavy atom. The van der Waals surface area contributed by atoms with Crippen LogP contribution in [0.15, 0.2) is 10.3 Å². The Labute approximate surface area is 205 Å². The molecule has 1 amide bonds. The van der Waals surface area contributed by atoms with Crippen LogP contribution in [0.2, 0.25) is 0 Å². The molecule has 0 saturated carbocycles. The van der Waals surface area contributed by atoms with Crippen molar-refractivity contribution in [1.29, 1.82) is 0 Å². The molecule has 2 aliphatic heterocycles. The van der Waals surface area contributed by atoms with Crippen LogP contribution in [0.5, 0.6) is 0 Å². The van der Waals surface area contributed by atoms with Crippen LogP contribution in [0.1, 0.15) is 51.0 Å². The van der Waals surface area contributed by atoms with Crippen LogP contribution in [-0.4, -0.2) is 61.3 Å². The molecule has 8 nitrogen and oxygen atoms in total. The highest BCUT2D eigenvalue weighted by Crippen LogP contribution is 2.41. The summed E-state index contributed by atoms with van der Waals surface area (Å²) in [7, 11) is 0. The summed E-state index contributed by atoms with van der Waals surface area (Å²) in [6.07, 6.45) is 3.02. The van der Waals surface area contributed by atoms with Gasteiger partial charge in [0.2, 0.25) is 5.91 Å². The molecule has 2 aliphatic rings. The maximum absolute atomic E-state index is 12.4. The van der Waals surface area contributed by atoms with Crippen LogP contribution in [0.4, 0.5) is 0 Å². The van der Waals surface area contributed by atoms with E-state index in [2.05, 4.69) is 43.2 Å². The van der Waals surface area contributed by atoms with Crippen molar-refractivity contribution < 1.29 is 14.3 Å². The summed E-state index contributed by atoms with van der Waals surface area (Å²) < 4.78 is 13.7. The van der Waals surface area contributed by atoms with E-state index in [4.69, 9.17) is 14.5 Å². The number of thioether (sulfide) groups is 2. The molecule has 0 bridgehead atoms. The lowest BCUT2D eigenvalue weighted by molar-refractivity contribution is -0.119. The molecular weight excluding hydrogens is 478 g/mol. The van der Waals surface area contributed by atoms with E-state index in [-0.39, 0.29) is 23.4 Å². The van der Waals surface area contributed by atoms with Crippen LogP contribution in [0.25, 0.3) is 15.9 Å². The number of hydrogen-bond acceptors (Lipinski definition) is 9. The van der Waals surface area contributed by atoms with Gasteiger partial charge in [-0.15, -0.1) is 21.5 Å². The Morgan fingerprint density at radius 1 is 1.33 bits per heavy atom. The predicted octanol–water partition coefficient (Wildman–Crippen LogP) is 4.08. The third kappa shape index (κ3) is 4.88. The second-order valence-electron chi connectivity index (χ2n) is 9.34. The zero-order valence-corrected chi connectivity index (χ0v) is 21.8. The van der Waals surface area contributed by atoms with E-state index in [9.17, 15) is 4.79 Å². The summed E-state index contributed by atoms with van der Waals surface area (Å²) in [5.74, 6) is 0.256. The zero-order valence-electron chi connectivity index (χ0n) is 19.3. The van der Waals surface area contributed by atoms with Crippen LogP contribution >= 0.6 is 34.9 Å². The van der Waals surface area contributed by atoms with Crippen LogP contribution < -0.4 is 5.32 Å². The fourth-order valence-corrected chi connectivity index (χ4v) is 7.01. The van der Waals surface area contributed by atoms with Gasteiger partial charge < -0.3 is 14.8 Å². The number of rotatable bonds is 7. The first-order chi connectivity index (χ1) is 15.8. The van der Waals surface area contributed by atoms with Gasteiger partial charge in [-0.05, 0) is 32.3 Å². The first kappa shape index (κ1) is 23.3. The molecule has 5 heterocycles. The second kappa shape index (κ2) is 9.33. The quantitative estimate of drug-likeness (QED) is 0.378. The molecule has 0 aromatic carbocycles. The van der Waals surface area contributed by atoms with Crippen molar-refractivity contribution >= 4 is 56.6 Å². The smallest absolute Gasteiger partial charge is 0.230 e. The minimum atomic E-state index is -0.220. The number of hydrogen-bond donors (Lipinski definition) is 1. The Balaban J connectivity index is 1.46. The number of fused-ring (bicyclic) bond motifs is 5. The summed E-state index contributed by atoms with van der Waals surface area (Å²) in [6.45, 7) is 10.5. The van der Waals surface area contributed by atoms with Crippen molar-refractivity contribution in [1.82, 2.24) is 24.9 Å². The molecule has 1 atom stereocenters. The Kier molecular flexibility index (Phi) is 6.60. The van der Waals surface area contributed by atoms with Gasteiger partial charge in [-0.1, -0.05) is 37.4 Å². The van der Waals surface area contributed by atoms with Gasteiger partial charge in [-0.25, -0.2) is 9.38 Å². The number of ether oxygens (including phenoxy) is 2. The van der Waals surface area contributed by atoms with Gasteiger partial charge >= 0.3 is 0 Å². The fourth-order valence-electron chi connectivity index (χ4n) is 4.19. The molecule has 0 unspecified atom stereocenters. The van der Waals surface area contributed by atoms with Crippen molar-refractivity contribution in [2.75, 3.05) is 18.9 Å². The number of nitrogens with one attached hydrogen (secondary N) is 1. The molecule has 33 heavy (non-hydrogen) atoms. The average molecular weight is 508 g/mol. The van der Waals surface area contributed by atoms with E-state index in [1.165, 1.54) is 22.2 Å². The van der Waals surface area contributed by atoms with E-state index < -0.39 is 0 Å². The van der Waals surface area contributed by atoms with Gasteiger partial charge in [0.1, 0.15) is 4.83 Å². The number of carbonyl (C=O) groups excluding carboxylic acids is 1. The molecule has 0 aliphatic carbocycles. The van der Waals surface area contributed by atoms with Crippen LogP contribution in [0.3, 0.4) is 0 Å².